The molecule has 290 valence electrons. The number of ether oxygens (including phenoxy) is 2. The van der Waals surface area contributed by atoms with Crippen molar-refractivity contribution in [2.24, 2.45) is 0 Å². The highest BCUT2D eigenvalue weighted by atomic mass is 19.1. The van der Waals surface area contributed by atoms with Gasteiger partial charge in [0.25, 0.3) is 5.91 Å². The van der Waals surface area contributed by atoms with Crippen molar-refractivity contribution in [2.45, 2.75) is 57.2 Å². The predicted octanol–water partition coefficient (Wildman–Crippen LogP) is 4.04. The summed E-state index contributed by atoms with van der Waals surface area (Å²) in [5, 5.41) is 36.8. The van der Waals surface area contributed by atoms with Crippen molar-refractivity contribution in [1.82, 2.24) is 54.9 Å². The third-order valence-corrected chi connectivity index (χ3v) is 10.0. The number of anilines is 3. The second-order valence-corrected chi connectivity index (χ2v) is 14.0. The number of alkyl halides is 1. The van der Waals surface area contributed by atoms with Crippen LogP contribution in [0.5, 0.6) is 11.5 Å². The number of nitrogens with one attached hydrogen (secondary N) is 1. The Kier molecular flexibility index (Phi) is 9.64. The fourth-order valence-corrected chi connectivity index (χ4v) is 6.96. The van der Waals surface area contributed by atoms with Gasteiger partial charge in [-0.25, -0.2) is 19.3 Å². The third-order valence-electron chi connectivity index (χ3n) is 10.0. The van der Waals surface area contributed by atoms with Gasteiger partial charge >= 0.3 is 0 Å². The number of nitrogens with two attached hydrogens (primary N) is 1. The van der Waals surface area contributed by atoms with Crippen molar-refractivity contribution in [3.05, 3.63) is 72.6 Å². The Morgan fingerprint density at radius 3 is 2.27 bits per heavy atom. The van der Waals surface area contributed by atoms with Crippen molar-refractivity contribution in [1.29, 1.82) is 0 Å². The van der Waals surface area contributed by atoms with Crippen molar-refractivity contribution < 1.29 is 25.1 Å². The van der Waals surface area contributed by atoms with E-state index < -0.39 is 7.15 Å². The van der Waals surface area contributed by atoms with Gasteiger partial charge < -0.3 is 35.1 Å². The van der Waals surface area contributed by atoms with E-state index in [4.69, 9.17) is 16.6 Å². The first-order valence-corrected chi connectivity index (χ1v) is 18.2. The summed E-state index contributed by atoms with van der Waals surface area (Å²) in [6, 6.07) is 12.9. The molecule has 0 unspecified atom stereocenters. The molecule has 0 bridgehead atoms. The number of benzene rings is 2. The minimum absolute atomic E-state index is 0.0625. The maximum Gasteiger partial charge on any atom is 0.274 e. The number of aromatic nitrogens is 11. The van der Waals surface area contributed by atoms with Crippen LogP contribution in [0, 0.1) is 0 Å². The van der Waals surface area contributed by atoms with Gasteiger partial charge in [-0.1, -0.05) is 12.1 Å². The Balaban J connectivity index is 0.000000199. The number of pyridine rings is 1. The average Bonchev–Trinajstić information content (AvgIpc) is 3.59. The standard InChI is InChI=1S/C26H27N9O3.C10H11N5O.CH3F/c1-15-13-38-24-18(25-30-31-32-35(15)25)3-2-4-19(24)29-26(37)20-9-22(34-12-21(28-14-34)16-5-6-16)23(10-27-20)33-8-7-17(36)11-33;1-6-5-16-9-7(3-2-4-8(9)11)10-12-13-14-15(6)10;1-2/h2-4,9-10,12,14-17,36H,5-8,11,13H2,1H3,(H,29,37);2-4,6H,5,11H2,1H3;1H3/t15-,17+;6-;/m01./s1/i;;1D. The number of fused-ring (bicyclic) bond motifs is 6. The zero-order valence-electron chi connectivity index (χ0n) is 31.7. The highest BCUT2D eigenvalue weighted by Crippen LogP contribution is 2.41. The van der Waals surface area contributed by atoms with Crippen LogP contribution < -0.4 is 25.4 Å². The lowest BCUT2D eigenvalue weighted by atomic mass is 10.1. The van der Waals surface area contributed by atoms with Gasteiger partial charge in [0.2, 0.25) is 0 Å². The van der Waals surface area contributed by atoms with Crippen LogP contribution in [0.2, 0.25) is 0 Å². The van der Waals surface area contributed by atoms with Crippen molar-refractivity contribution in [2.75, 3.05) is 49.4 Å². The number of β-amino-alcohol motifs (C(OH)–C–C–N with tert-alkyl or cyclic N) is 1. The molecule has 7 heterocycles. The molecule has 4 aromatic heterocycles. The molecular formula is C37H41FN14O4. The smallest absolute Gasteiger partial charge is 0.274 e. The molecule has 1 saturated heterocycles. The number of hydrogen-bond donors (Lipinski definition) is 3. The number of tetrazole rings is 2. The lowest BCUT2D eigenvalue weighted by molar-refractivity contribution is 0.102. The average molecular weight is 766 g/mol. The molecule has 18 nitrogen and oxygen atoms in total. The molecular weight excluding hydrogens is 723 g/mol. The molecule has 1 amide bonds. The molecule has 56 heavy (non-hydrogen) atoms. The molecule has 2 aromatic carbocycles. The van der Waals surface area contributed by atoms with E-state index in [0.29, 0.717) is 72.2 Å². The summed E-state index contributed by atoms with van der Waals surface area (Å²) in [6.45, 7) is 6.09. The minimum Gasteiger partial charge on any atom is -0.488 e. The monoisotopic (exact) mass is 765 g/mol. The summed E-state index contributed by atoms with van der Waals surface area (Å²) < 4.78 is 32.7. The molecule has 10 rings (SSSR count). The number of nitrogens with zero attached hydrogens (tertiary/aromatic N) is 12. The summed E-state index contributed by atoms with van der Waals surface area (Å²) in [4.78, 5) is 24.7. The summed E-state index contributed by atoms with van der Waals surface area (Å²) >= 11 is 0. The fourth-order valence-electron chi connectivity index (χ4n) is 6.96. The molecule has 1 aliphatic carbocycles. The van der Waals surface area contributed by atoms with E-state index in [2.05, 4.69) is 51.2 Å². The van der Waals surface area contributed by atoms with Crippen molar-refractivity contribution in [3.8, 4) is 40.0 Å². The first kappa shape index (κ1) is 35.2. The molecule has 3 atom stereocenters. The number of amides is 1. The topological polar surface area (TPSA) is 215 Å². The number of aliphatic hydroxyl groups is 1. The quantitative estimate of drug-likeness (QED) is 0.211. The predicted molar refractivity (Wildman–Crippen MR) is 202 cm³/mol. The van der Waals surface area contributed by atoms with Crippen LogP contribution in [0.3, 0.4) is 0 Å². The van der Waals surface area contributed by atoms with Gasteiger partial charge in [0.1, 0.15) is 18.9 Å². The van der Waals surface area contributed by atoms with E-state index in [1.54, 1.807) is 34.0 Å². The summed E-state index contributed by atoms with van der Waals surface area (Å²) in [6.07, 6.45) is 8.14. The van der Waals surface area contributed by atoms with Crippen LogP contribution in [0.1, 0.15) is 68.7 Å². The van der Waals surface area contributed by atoms with E-state index >= 15 is 0 Å². The van der Waals surface area contributed by atoms with Gasteiger partial charge in [-0.15, -0.1) is 10.2 Å². The van der Waals surface area contributed by atoms with E-state index in [9.17, 15) is 14.3 Å². The molecule has 1 saturated carbocycles. The number of hydrogen-bond acceptors (Lipinski definition) is 14. The van der Waals surface area contributed by atoms with E-state index in [1.165, 1.54) is 0 Å². The summed E-state index contributed by atoms with van der Waals surface area (Å²) in [5.41, 5.74) is 11.5. The van der Waals surface area contributed by atoms with Crippen LogP contribution >= 0.6 is 0 Å². The van der Waals surface area contributed by atoms with Gasteiger partial charge in [0.05, 0.1) is 78.8 Å². The van der Waals surface area contributed by atoms with Gasteiger partial charge in [0, 0.05) is 25.2 Å². The number of aliphatic hydroxyl groups excluding tert-OH is 1. The maximum absolute atomic E-state index is 13.5. The Bertz CT molecular complexity index is 2380. The molecule has 2 fully saturated rings. The number of carbonyl (C=O) groups excluding carboxylic acids is 1. The summed E-state index contributed by atoms with van der Waals surface area (Å²) in [7, 11) is -1.00. The maximum atomic E-state index is 13.5. The normalized spacial score (nSPS) is 19.4. The van der Waals surface area contributed by atoms with Crippen LogP contribution in [-0.4, -0.2) is 106 Å². The van der Waals surface area contributed by atoms with Crippen LogP contribution in [0.15, 0.2) is 61.2 Å². The molecule has 0 radical (unpaired) electrons. The van der Waals surface area contributed by atoms with Crippen LogP contribution in [0.4, 0.5) is 21.5 Å². The Morgan fingerprint density at radius 2 is 1.61 bits per heavy atom. The first-order valence-electron chi connectivity index (χ1n) is 18.9. The SMILES string of the molecule is C[C@@H]1COc2c(N)cccc2-c2nnnn21.C[C@H]1COc2c(NC(=O)c3cc(-n4cnc(C5CC5)c4)c(N4CC[C@@H](O)C4)cn3)cccc2-c2nnnn21.[2H]CF. The molecule has 19 heteroatoms. The number of nitrogen functional groups attached to an aromatic ring is 1. The molecule has 4 aliphatic rings. The van der Waals surface area contributed by atoms with E-state index in [0.717, 1.165) is 42.0 Å². The Hall–Kier alpha value is -6.50. The van der Waals surface area contributed by atoms with E-state index in [1.807, 2.05) is 54.9 Å². The third kappa shape index (κ3) is 6.96. The molecule has 6 aromatic rings. The number of rotatable bonds is 5. The number of imidazole rings is 1. The first-order chi connectivity index (χ1) is 27.7. The zero-order valence-corrected chi connectivity index (χ0v) is 30.7. The fraction of sp³-hybridized carbons (Fsp3) is 0.378. The van der Waals surface area contributed by atoms with Gasteiger partial charge in [-0.3, -0.25) is 9.18 Å². The summed E-state index contributed by atoms with van der Waals surface area (Å²) in [5.74, 6) is 2.62. The lowest BCUT2D eigenvalue weighted by Gasteiger charge is -2.22. The highest BCUT2D eigenvalue weighted by molar-refractivity contribution is 6.05. The number of para-hydroxylation sites is 2. The van der Waals surface area contributed by atoms with Gasteiger partial charge in [-0.2, -0.15) is 0 Å². The molecule has 3 aliphatic heterocycles. The molecule has 0 spiro atoms. The zero-order chi connectivity index (χ0) is 39.6. The Labute approximate surface area is 321 Å². The van der Waals surface area contributed by atoms with Crippen LogP contribution in [-0.2, 0) is 0 Å². The number of halogens is 1. The van der Waals surface area contributed by atoms with Crippen LogP contribution in [0.25, 0.3) is 28.5 Å². The lowest BCUT2D eigenvalue weighted by Crippen LogP contribution is -2.24. The van der Waals surface area contributed by atoms with Gasteiger partial charge in [-0.05, 0) is 84.3 Å². The largest absolute Gasteiger partial charge is 0.488 e. The van der Waals surface area contributed by atoms with Gasteiger partial charge in [0.15, 0.2) is 23.1 Å². The van der Waals surface area contributed by atoms with Crippen molar-refractivity contribution in [3.63, 3.8) is 0 Å². The second-order valence-electron chi connectivity index (χ2n) is 14.0. The minimum atomic E-state index is -1.00. The second kappa shape index (κ2) is 15.3. The Morgan fingerprint density at radius 1 is 0.946 bits per heavy atom. The molecule has 4 N–H and O–H groups in total. The number of carbonyl (C=O) groups is 1. The van der Waals surface area contributed by atoms with E-state index in [-0.39, 0.29) is 29.8 Å². The van der Waals surface area contributed by atoms with Crippen molar-refractivity contribution >= 4 is 23.0 Å². The highest BCUT2D eigenvalue weighted by Gasteiger charge is 2.30.